The third-order valence-electron chi connectivity index (χ3n) is 4.96. The van der Waals surface area contributed by atoms with E-state index in [-0.39, 0.29) is 6.04 Å². The van der Waals surface area contributed by atoms with Crippen molar-refractivity contribution in [2.24, 2.45) is 0 Å². The van der Waals surface area contributed by atoms with Gasteiger partial charge in [0, 0.05) is 40.6 Å². The van der Waals surface area contributed by atoms with Crippen molar-refractivity contribution in [1.29, 1.82) is 0 Å². The number of benzene rings is 2. The van der Waals surface area contributed by atoms with Gasteiger partial charge in [-0.1, -0.05) is 24.3 Å². The maximum Gasteiger partial charge on any atom is 0.145 e. The third-order valence-corrected chi connectivity index (χ3v) is 4.96. The van der Waals surface area contributed by atoms with Gasteiger partial charge in [-0.15, -0.1) is 0 Å². The maximum atomic E-state index is 5.59. The van der Waals surface area contributed by atoms with Crippen molar-refractivity contribution in [3.05, 3.63) is 83.8 Å². The first-order valence-electron chi connectivity index (χ1n) is 9.17. The summed E-state index contributed by atoms with van der Waals surface area (Å²) in [5.74, 6) is 1.48. The number of pyridine rings is 1. The second kappa shape index (κ2) is 7.64. The van der Waals surface area contributed by atoms with Crippen molar-refractivity contribution in [2.75, 3.05) is 19.5 Å². The zero-order valence-corrected chi connectivity index (χ0v) is 16.2. The normalized spacial score (nSPS) is 12.0. The Kier molecular flexibility index (Phi) is 4.89. The number of aryl methyl sites for hydroxylation is 1. The zero-order valence-electron chi connectivity index (χ0n) is 16.2. The molecule has 1 unspecified atom stereocenters. The monoisotopic (exact) mass is 373 g/mol. The van der Waals surface area contributed by atoms with Gasteiger partial charge >= 0.3 is 0 Å². The Bertz CT molecular complexity index is 1090. The van der Waals surface area contributed by atoms with E-state index >= 15 is 0 Å². The molecule has 0 aliphatic carbocycles. The molecule has 0 fully saturated rings. The predicted molar refractivity (Wildman–Crippen MR) is 112 cm³/mol. The molecule has 0 spiro atoms. The summed E-state index contributed by atoms with van der Waals surface area (Å²) in [4.78, 5) is 7.83. The van der Waals surface area contributed by atoms with Gasteiger partial charge in [0.2, 0.25) is 0 Å². The summed E-state index contributed by atoms with van der Waals surface area (Å²) >= 11 is 0. The second-order valence-electron chi connectivity index (χ2n) is 6.64. The number of aromatic amines is 1. The Morgan fingerprint density at radius 1 is 1.00 bits per heavy atom. The molecule has 0 saturated carbocycles. The SMILES string of the molecule is COc1ccc(NC(c2cccnc2)c2c(C)[nH]c3ccccc23)c(OC)c1. The molecule has 28 heavy (non-hydrogen) atoms. The van der Waals surface area contributed by atoms with Crippen molar-refractivity contribution in [3.8, 4) is 11.5 Å². The standard InChI is InChI=1S/C23H23N3O2/c1-15-22(18-8-4-5-9-19(18)25-15)23(16-7-6-12-24-14-16)26-20-11-10-17(27-2)13-21(20)28-3/h4-14,23,25-26H,1-3H3. The number of nitrogens with one attached hydrogen (secondary N) is 2. The van der Waals surface area contributed by atoms with Gasteiger partial charge in [-0.05, 0) is 36.8 Å². The van der Waals surface area contributed by atoms with Gasteiger partial charge in [0.05, 0.1) is 25.9 Å². The smallest absolute Gasteiger partial charge is 0.145 e. The van der Waals surface area contributed by atoms with E-state index < -0.39 is 0 Å². The van der Waals surface area contributed by atoms with Crippen LogP contribution in [0, 0.1) is 6.92 Å². The molecule has 0 radical (unpaired) electrons. The van der Waals surface area contributed by atoms with Crippen LogP contribution in [0.5, 0.6) is 11.5 Å². The molecule has 142 valence electrons. The minimum atomic E-state index is -0.0906. The number of nitrogens with zero attached hydrogens (tertiary/aromatic N) is 1. The summed E-state index contributed by atoms with van der Waals surface area (Å²) < 4.78 is 10.9. The number of fused-ring (bicyclic) bond motifs is 1. The summed E-state index contributed by atoms with van der Waals surface area (Å²) in [6.07, 6.45) is 3.69. The lowest BCUT2D eigenvalue weighted by Gasteiger charge is -2.23. The number of rotatable bonds is 6. The molecule has 2 aromatic heterocycles. The molecule has 0 saturated heterocycles. The van der Waals surface area contributed by atoms with Gasteiger partial charge in [-0.3, -0.25) is 4.98 Å². The highest BCUT2D eigenvalue weighted by Crippen LogP contribution is 2.37. The van der Waals surface area contributed by atoms with E-state index in [1.165, 1.54) is 10.9 Å². The molecule has 5 nitrogen and oxygen atoms in total. The van der Waals surface area contributed by atoms with Crippen LogP contribution in [0.1, 0.15) is 22.9 Å². The minimum Gasteiger partial charge on any atom is -0.497 e. The van der Waals surface area contributed by atoms with Crippen molar-refractivity contribution in [1.82, 2.24) is 9.97 Å². The fourth-order valence-electron chi connectivity index (χ4n) is 3.61. The number of hydrogen-bond acceptors (Lipinski definition) is 4. The Morgan fingerprint density at radius 3 is 2.61 bits per heavy atom. The summed E-state index contributed by atoms with van der Waals surface area (Å²) in [7, 11) is 3.31. The van der Waals surface area contributed by atoms with Crippen LogP contribution in [0.15, 0.2) is 67.0 Å². The summed E-state index contributed by atoms with van der Waals surface area (Å²) in [5.41, 5.74) is 5.40. The highest BCUT2D eigenvalue weighted by molar-refractivity contribution is 5.86. The van der Waals surface area contributed by atoms with Gasteiger partial charge in [0.25, 0.3) is 0 Å². The van der Waals surface area contributed by atoms with Gasteiger partial charge in [-0.2, -0.15) is 0 Å². The van der Waals surface area contributed by atoms with E-state index in [9.17, 15) is 0 Å². The fourth-order valence-corrected chi connectivity index (χ4v) is 3.61. The van der Waals surface area contributed by atoms with Crippen LogP contribution in [-0.2, 0) is 0 Å². The molecular formula is C23H23N3O2. The van der Waals surface area contributed by atoms with E-state index in [4.69, 9.17) is 9.47 Å². The minimum absolute atomic E-state index is 0.0906. The number of anilines is 1. The summed E-state index contributed by atoms with van der Waals surface area (Å²) in [6, 6.07) is 18.1. The number of aromatic nitrogens is 2. The fraction of sp³-hybridized carbons (Fsp3) is 0.174. The second-order valence-corrected chi connectivity index (χ2v) is 6.64. The van der Waals surface area contributed by atoms with E-state index in [1.807, 2.05) is 36.5 Å². The third kappa shape index (κ3) is 3.27. The summed E-state index contributed by atoms with van der Waals surface area (Å²) in [5, 5.41) is 4.85. The molecule has 0 bridgehead atoms. The Balaban J connectivity index is 1.85. The predicted octanol–water partition coefficient (Wildman–Crippen LogP) is 5.09. The molecule has 2 N–H and O–H groups in total. The largest absolute Gasteiger partial charge is 0.497 e. The lowest BCUT2D eigenvalue weighted by atomic mass is 9.96. The maximum absolute atomic E-state index is 5.59. The van der Waals surface area contributed by atoms with Crippen LogP contribution < -0.4 is 14.8 Å². The number of ether oxygens (including phenoxy) is 2. The topological polar surface area (TPSA) is 59.2 Å². The highest BCUT2D eigenvalue weighted by Gasteiger charge is 2.22. The zero-order chi connectivity index (χ0) is 19.5. The molecule has 2 heterocycles. The van der Waals surface area contributed by atoms with Gasteiger partial charge in [0.15, 0.2) is 0 Å². The molecule has 5 heteroatoms. The first kappa shape index (κ1) is 17.9. The first-order valence-corrected chi connectivity index (χ1v) is 9.17. The van der Waals surface area contributed by atoms with Gasteiger partial charge in [-0.25, -0.2) is 0 Å². The van der Waals surface area contributed by atoms with E-state index in [0.717, 1.165) is 34.0 Å². The number of H-pyrrole nitrogens is 1. The van der Waals surface area contributed by atoms with Crippen LogP contribution in [0.4, 0.5) is 5.69 Å². The number of para-hydroxylation sites is 1. The molecule has 2 aromatic carbocycles. The molecule has 0 aliphatic rings. The molecule has 0 amide bonds. The average molecular weight is 373 g/mol. The quantitative estimate of drug-likeness (QED) is 0.494. The van der Waals surface area contributed by atoms with Crippen LogP contribution in [0.2, 0.25) is 0 Å². The van der Waals surface area contributed by atoms with Crippen molar-refractivity contribution < 1.29 is 9.47 Å². The Morgan fingerprint density at radius 2 is 1.86 bits per heavy atom. The first-order chi connectivity index (χ1) is 13.7. The number of hydrogen-bond donors (Lipinski definition) is 2. The molecule has 0 aliphatic heterocycles. The van der Waals surface area contributed by atoms with E-state index in [1.54, 1.807) is 20.4 Å². The van der Waals surface area contributed by atoms with Gasteiger partial charge < -0.3 is 19.8 Å². The average Bonchev–Trinajstić information content (AvgIpc) is 3.08. The lowest BCUT2D eigenvalue weighted by molar-refractivity contribution is 0.395. The lowest BCUT2D eigenvalue weighted by Crippen LogP contribution is -2.14. The van der Waals surface area contributed by atoms with Crippen molar-refractivity contribution >= 4 is 16.6 Å². The Labute approximate surface area is 164 Å². The number of methoxy groups -OCH3 is 2. The highest BCUT2D eigenvalue weighted by atomic mass is 16.5. The van der Waals surface area contributed by atoms with Crippen LogP contribution in [0.3, 0.4) is 0 Å². The molecule has 1 atom stereocenters. The van der Waals surface area contributed by atoms with Gasteiger partial charge in [0.1, 0.15) is 11.5 Å². The van der Waals surface area contributed by atoms with Crippen molar-refractivity contribution in [3.63, 3.8) is 0 Å². The van der Waals surface area contributed by atoms with Crippen LogP contribution >= 0.6 is 0 Å². The Hall–Kier alpha value is -3.47. The van der Waals surface area contributed by atoms with E-state index in [2.05, 4.69) is 46.5 Å². The van der Waals surface area contributed by atoms with E-state index in [0.29, 0.717) is 0 Å². The molecular weight excluding hydrogens is 350 g/mol. The van der Waals surface area contributed by atoms with Crippen molar-refractivity contribution in [2.45, 2.75) is 13.0 Å². The molecule has 4 rings (SSSR count). The summed E-state index contributed by atoms with van der Waals surface area (Å²) in [6.45, 7) is 2.10. The molecule has 4 aromatic rings. The van der Waals surface area contributed by atoms with Crippen LogP contribution in [-0.4, -0.2) is 24.2 Å². The van der Waals surface area contributed by atoms with Crippen LogP contribution in [0.25, 0.3) is 10.9 Å².